The maximum Gasteiger partial charge on any atom is 0.156 e. The van der Waals surface area contributed by atoms with Gasteiger partial charge >= 0.3 is 0 Å². The average Bonchev–Trinajstić information content (AvgIpc) is 2.81. The standard InChI is InChI=1S/C14H20Cl2N2O.ClH/c1-2-19-14-12(15)5-11(6-13(14)16)9-18-4-3-10(7-17)8-18;/h5-6,10H,2-4,7-9,17H2,1H3;1H/t10-;/m0./s1. The first kappa shape index (κ1) is 17.9. The summed E-state index contributed by atoms with van der Waals surface area (Å²) >= 11 is 12.4. The average molecular weight is 340 g/mol. The molecular formula is C14H21Cl3N2O. The molecule has 2 N–H and O–H groups in total. The Morgan fingerprint density at radius 2 is 2.00 bits per heavy atom. The molecule has 1 atom stereocenters. The van der Waals surface area contributed by atoms with E-state index in [1.807, 2.05) is 19.1 Å². The third kappa shape index (κ3) is 4.40. The summed E-state index contributed by atoms with van der Waals surface area (Å²) in [4.78, 5) is 2.39. The van der Waals surface area contributed by atoms with Gasteiger partial charge in [-0.05, 0) is 50.0 Å². The van der Waals surface area contributed by atoms with Gasteiger partial charge in [0.05, 0.1) is 16.7 Å². The fraction of sp³-hybridized carbons (Fsp3) is 0.571. The van der Waals surface area contributed by atoms with Crippen LogP contribution < -0.4 is 10.5 Å². The minimum Gasteiger partial charge on any atom is -0.491 e. The number of hydrogen-bond donors (Lipinski definition) is 1. The van der Waals surface area contributed by atoms with E-state index >= 15 is 0 Å². The summed E-state index contributed by atoms with van der Waals surface area (Å²) in [5.74, 6) is 1.20. The Balaban J connectivity index is 0.00000200. The Morgan fingerprint density at radius 3 is 2.50 bits per heavy atom. The lowest BCUT2D eigenvalue weighted by molar-refractivity contribution is 0.317. The number of benzene rings is 1. The predicted molar refractivity (Wildman–Crippen MR) is 87.3 cm³/mol. The first-order valence-electron chi connectivity index (χ1n) is 6.67. The lowest BCUT2D eigenvalue weighted by Gasteiger charge is -2.17. The van der Waals surface area contributed by atoms with Crippen molar-refractivity contribution in [3.05, 3.63) is 27.7 Å². The van der Waals surface area contributed by atoms with Crippen LogP contribution in [0.2, 0.25) is 10.0 Å². The molecule has 0 spiro atoms. The number of rotatable bonds is 5. The van der Waals surface area contributed by atoms with Crippen molar-refractivity contribution in [1.29, 1.82) is 0 Å². The first-order chi connectivity index (χ1) is 9.13. The van der Waals surface area contributed by atoms with Crippen LogP contribution in [0.15, 0.2) is 12.1 Å². The van der Waals surface area contributed by atoms with Gasteiger partial charge < -0.3 is 10.5 Å². The Bertz CT molecular complexity index is 419. The Hall–Kier alpha value is -0.190. The second-order valence-corrected chi connectivity index (χ2v) is 5.76. The molecule has 6 heteroatoms. The number of halogens is 3. The van der Waals surface area contributed by atoms with E-state index in [4.69, 9.17) is 33.7 Å². The van der Waals surface area contributed by atoms with E-state index in [1.54, 1.807) is 0 Å². The number of ether oxygens (including phenoxy) is 1. The van der Waals surface area contributed by atoms with Crippen LogP contribution in [-0.2, 0) is 6.54 Å². The van der Waals surface area contributed by atoms with Crippen LogP contribution in [0.1, 0.15) is 18.9 Å². The summed E-state index contributed by atoms with van der Waals surface area (Å²) in [5, 5.41) is 1.16. The van der Waals surface area contributed by atoms with Crippen molar-refractivity contribution in [3.8, 4) is 5.75 Å². The molecule has 1 saturated heterocycles. The first-order valence-corrected chi connectivity index (χ1v) is 7.42. The van der Waals surface area contributed by atoms with Gasteiger partial charge in [-0.1, -0.05) is 23.2 Å². The van der Waals surface area contributed by atoms with Crippen molar-refractivity contribution in [2.24, 2.45) is 11.7 Å². The SMILES string of the molecule is CCOc1c(Cl)cc(CN2CC[C@@H](CN)C2)cc1Cl.Cl. The molecule has 1 aromatic rings. The molecule has 1 heterocycles. The summed E-state index contributed by atoms with van der Waals surface area (Å²) in [6, 6.07) is 3.88. The molecule has 1 fully saturated rings. The summed E-state index contributed by atoms with van der Waals surface area (Å²) in [6.07, 6.45) is 1.18. The summed E-state index contributed by atoms with van der Waals surface area (Å²) in [6.45, 7) is 6.24. The van der Waals surface area contributed by atoms with E-state index < -0.39 is 0 Å². The maximum absolute atomic E-state index is 6.21. The van der Waals surface area contributed by atoms with Gasteiger partial charge in [0.25, 0.3) is 0 Å². The van der Waals surface area contributed by atoms with Gasteiger partial charge in [0.15, 0.2) is 5.75 Å². The third-order valence-electron chi connectivity index (χ3n) is 3.46. The molecule has 0 unspecified atom stereocenters. The van der Waals surface area contributed by atoms with Crippen molar-refractivity contribution >= 4 is 35.6 Å². The van der Waals surface area contributed by atoms with Gasteiger partial charge in [0.1, 0.15) is 0 Å². The molecule has 1 aliphatic heterocycles. The highest BCUT2D eigenvalue weighted by molar-refractivity contribution is 6.37. The van der Waals surface area contributed by atoms with Gasteiger partial charge in [-0.25, -0.2) is 0 Å². The van der Waals surface area contributed by atoms with Crippen molar-refractivity contribution in [1.82, 2.24) is 4.90 Å². The van der Waals surface area contributed by atoms with Gasteiger partial charge in [0.2, 0.25) is 0 Å². The van der Waals surface area contributed by atoms with E-state index in [-0.39, 0.29) is 12.4 Å². The van der Waals surface area contributed by atoms with Gasteiger partial charge in [-0.15, -0.1) is 12.4 Å². The fourth-order valence-electron chi connectivity index (χ4n) is 2.49. The lowest BCUT2D eigenvalue weighted by Crippen LogP contribution is -2.22. The van der Waals surface area contributed by atoms with E-state index in [1.165, 1.54) is 6.42 Å². The van der Waals surface area contributed by atoms with E-state index in [0.29, 0.717) is 28.3 Å². The van der Waals surface area contributed by atoms with Crippen LogP contribution in [0.4, 0.5) is 0 Å². The van der Waals surface area contributed by atoms with E-state index in [9.17, 15) is 0 Å². The van der Waals surface area contributed by atoms with Crippen LogP contribution in [0.5, 0.6) is 5.75 Å². The Morgan fingerprint density at radius 1 is 1.35 bits per heavy atom. The molecule has 114 valence electrons. The highest BCUT2D eigenvalue weighted by Crippen LogP contribution is 2.34. The number of nitrogens with two attached hydrogens (primary N) is 1. The summed E-state index contributed by atoms with van der Waals surface area (Å²) < 4.78 is 5.43. The summed E-state index contributed by atoms with van der Waals surface area (Å²) in [5.41, 5.74) is 6.83. The van der Waals surface area contributed by atoms with Gasteiger partial charge in [-0.3, -0.25) is 4.90 Å². The maximum atomic E-state index is 6.21. The topological polar surface area (TPSA) is 38.5 Å². The zero-order chi connectivity index (χ0) is 13.8. The third-order valence-corrected chi connectivity index (χ3v) is 4.02. The van der Waals surface area contributed by atoms with Crippen molar-refractivity contribution in [2.75, 3.05) is 26.2 Å². The van der Waals surface area contributed by atoms with Crippen LogP contribution in [0, 0.1) is 5.92 Å². The zero-order valence-electron chi connectivity index (χ0n) is 11.6. The number of nitrogens with zero attached hydrogens (tertiary/aromatic N) is 1. The van der Waals surface area contributed by atoms with Crippen molar-refractivity contribution in [3.63, 3.8) is 0 Å². The molecule has 3 nitrogen and oxygen atoms in total. The van der Waals surface area contributed by atoms with Crippen molar-refractivity contribution in [2.45, 2.75) is 19.9 Å². The molecule has 0 saturated carbocycles. The largest absolute Gasteiger partial charge is 0.491 e. The highest BCUT2D eigenvalue weighted by atomic mass is 35.5. The Kier molecular flexibility index (Phi) is 7.41. The van der Waals surface area contributed by atoms with Crippen LogP contribution in [0.3, 0.4) is 0 Å². The predicted octanol–water partition coefficient (Wildman–Crippen LogP) is 3.59. The lowest BCUT2D eigenvalue weighted by atomic mass is 10.1. The molecule has 0 bridgehead atoms. The van der Waals surface area contributed by atoms with Crippen molar-refractivity contribution < 1.29 is 4.74 Å². The van der Waals surface area contributed by atoms with Crippen LogP contribution in [0.25, 0.3) is 0 Å². The molecular weight excluding hydrogens is 319 g/mol. The fourth-order valence-corrected chi connectivity index (χ4v) is 3.13. The molecule has 1 aliphatic rings. The molecule has 1 aromatic carbocycles. The monoisotopic (exact) mass is 338 g/mol. The quantitative estimate of drug-likeness (QED) is 0.891. The smallest absolute Gasteiger partial charge is 0.156 e. The minimum atomic E-state index is 0. The minimum absolute atomic E-state index is 0. The molecule has 0 aromatic heterocycles. The summed E-state index contributed by atoms with van der Waals surface area (Å²) in [7, 11) is 0. The van der Waals surface area contributed by atoms with Gasteiger partial charge in [0, 0.05) is 13.1 Å². The molecule has 0 radical (unpaired) electrons. The molecule has 0 aliphatic carbocycles. The number of hydrogen-bond acceptors (Lipinski definition) is 3. The molecule has 20 heavy (non-hydrogen) atoms. The molecule has 0 amide bonds. The van der Waals surface area contributed by atoms with Crippen LogP contribution in [-0.4, -0.2) is 31.1 Å². The zero-order valence-corrected chi connectivity index (χ0v) is 13.9. The van der Waals surface area contributed by atoms with Gasteiger partial charge in [-0.2, -0.15) is 0 Å². The second-order valence-electron chi connectivity index (χ2n) is 4.95. The van der Waals surface area contributed by atoms with E-state index in [2.05, 4.69) is 4.90 Å². The number of likely N-dealkylation sites (tertiary alicyclic amines) is 1. The molecule has 2 rings (SSSR count). The highest BCUT2D eigenvalue weighted by Gasteiger charge is 2.21. The Labute approximate surface area is 136 Å². The van der Waals surface area contributed by atoms with Crippen LogP contribution >= 0.6 is 35.6 Å². The normalized spacial score (nSPS) is 18.9. The second kappa shape index (κ2) is 8.30. The van der Waals surface area contributed by atoms with E-state index in [0.717, 1.165) is 31.7 Å².